The van der Waals surface area contributed by atoms with Gasteiger partial charge in [0.25, 0.3) is 0 Å². The molecule has 2 aromatic carbocycles. The predicted octanol–water partition coefficient (Wildman–Crippen LogP) is 8.39. The number of imidazole rings is 1. The lowest BCUT2D eigenvalue weighted by Crippen LogP contribution is -2.71. The molecule has 0 N–H and O–H groups in total. The number of hydrogen-bond acceptors (Lipinski definition) is 15. The van der Waals surface area contributed by atoms with Crippen molar-refractivity contribution < 1.29 is 23.8 Å². The molecule has 4 saturated heterocycles. The summed E-state index contributed by atoms with van der Waals surface area (Å²) in [4.78, 5) is 51.7. The average Bonchev–Trinajstić information content (AvgIpc) is 4.17. The molecule has 69 heavy (non-hydrogen) atoms. The summed E-state index contributed by atoms with van der Waals surface area (Å²) in [5, 5.41) is 8.81. The van der Waals surface area contributed by atoms with Crippen LogP contribution in [0.3, 0.4) is 0 Å². The van der Waals surface area contributed by atoms with Crippen LogP contribution < -0.4 is 9.47 Å². The van der Waals surface area contributed by atoms with Crippen molar-refractivity contribution in [3.8, 4) is 34.3 Å². The number of ether oxygens (including phenoxy) is 3. The number of hydrogen-bond donors (Lipinski definition) is 0. The quantitative estimate of drug-likeness (QED) is 0.114. The fraction of sp³-hybridized carbons (Fsp3) is 0.373. The number of carbonyl (C=O) groups excluding carboxylic acids is 2. The van der Waals surface area contributed by atoms with Crippen LogP contribution in [-0.2, 0) is 24.4 Å². The summed E-state index contributed by atoms with van der Waals surface area (Å²) < 4.78 is 22.9. The number of carbonyl (C=O) groups is 2. The summed E-state index contributed by atoms with van der Waals surface area (Å²) in [5.74, 6) is 1.19. The van der Waals surface area contributed by atoms with E-state index in [-0.39, 0.29) is 12.1 Å². The number of aromatic nitrogens is 8. The molecule has 0 amide bonds. The standard InChI is InChI=1S/C24H27N5O3.C21H20N4O2.C6H12N4/c1-16(2)29-20(10-12-27-29)22-17(7-6-11-25-22)14-31-18-8-9-19-21(13-18)28(15-26-19)23(30)32-24(3,4)5;1-14(2)25-19(8-11-24-25)21-15(4-3-9-23-21)13-27-20-6-5-18-16(7-10-22-18)17(20)12-26;1-7-2-9-4-8(1)5-10(3-7)6-9/h6-13,15-16H,14H2,1-5H3;3-6,8-12,14H,7,13H2,1-2H3;1-6H2. The Bertz CT molecular complexity index is 2910. The highest BCUT2D eigenvalue weighted by Gasteiger charge is 2.36. The van der Waals surface area contributed by atoms with Gasteiger partial charge in [0.15, 0.2) is 6.29 Å². The van der Waals surface area contributed by atoms with E-state index >= 15 is 0 Å². The fourth-order valence-corrected chi connectivity index (χ4v) is 8.94. The number of nitrogens with zero attached hydrogens (tertiary/aromatic N) is 13. The van der Waals surface area contributed by atoms with Crippen LogP contribution in [0.2, 0.25) is 0 Å². The third-order valence-electron chi connectivity index (χ3n) is 11.8. The highest BCUT2D eigenvalue weighted by molar-refractivity contribution is 5.90. The third kappa shape index (κ3) is 10.6. The van der Waals surface area contributed by atoms with Crippen molar-refractivity contribution >= 4 is 35.3 Å². The van der Waals surface area contributed by atoms with Crippen molar-refractivity contribution in [3.05, 3.63) is 120 Å². The minimum Gasteiger partial charge on any atom is -0.489 e. The summed E-state index contributed by atoms with van der Waals surface area (Å²) in [6, 6.07) is 21.2. The summed E-state index contributed by atoms with van der Waals surface area (Å²) in [6.07, 6.45) is 11.4. The number of aldehydes is 1. The van der Waals surface area contributed by atoms with Crippen molar-refractivity contribution in [1.29, 1.82) is 0 Å². The zero-order valence-corrected chi connectivity index (χ0v) is 40.3. The van der Waals surface area contributed by atoms with Crippen molar-refractivity contribution in [1.82, 2.24) is 58.7 Å². The van der Waals surface area contributed by atoms with E-state index in [1.54, 1.807) is 36.9 Å². The highest BCUT2D eigenvalue weighted by Crippen LogP contribution is 2.34. The minimum atomic E-state index is -0.596. The molecule has 12 rings (SSSR count). The Morgan fingerprint density at radius 3 is 1.80 bits per heavy atom. The fourth-order valence-electron chi connectivity index (χ4n) is 8.94. The smallest absolute Gasteiger partial charge is 0.420 e. The van der Waals surface area contributed by atoms with Gasteiger partial charge in [-0.2, -0.15) is 10.2 Å². The molecule has 5 aromatic heterocycles. The van der Waals surface area contributed by atoms with E-state index in [9.17, 15) is 9.59 Å². The van der Waals surface area contributed by atoms with E-state index in [1.165, 1.54) is 50.9 Å². The Morgan fingerprint density at radius 1 is 0.696 bits per heavy atom. The van der Waals surface area contributed by atoms with Crippen molar-refractivity contribution in [3.63, 3.8) is 0 Å². The molecule has 7 aromatic rings. The monoisotopic (exact) mass is 933 g/mol. The molecule has 18 nitrogen and oxygen atoms in total. The molecule has 0 atom stereocenters. The van der Waals surface area contributed by atoms with E-state index in [0.29, 0.717) is 47.7 Å². The molecule has 10 heterocycles. The molecule has 18 heteroatoms. The van der Waals surface area contributed by atoms with Gasteiger partial charge in [0, 0.05) is 66.7 Å². The van der Waals surface area contributed by atoms with Gasteiger partial charge in [0.05, 0.1) is 85.1 Å². The van der Waals surface area contributed by atoms with E-state index in [1.807, 2.05) is 90.9 Å². The molecule has 5 aliphatic rings. The maximum absolute atomic E-state index is 12.5. The van der Waals surface area contributed by atoms with Gasteiger partial charge in [-0.3, -0.25) is 48.7 Å². The Balaban J connectivity index is 0.000000143. The van der Waals surface area contributed by atoms with E-state index in [0.717, 1.165) is 51.4 Å². The molecule has 4 fully saturated rings. The lowest BCUT2D eigenvalue weighted by molar-refractivity contribution is -0.194. The maximum Gasteiger partial charge on any atom is 0.420 e. The Morgan fingerprint density at radius 2 is 1.26 bits per heavy atom. The maximum atomic E-state index is 12.5. The van der Waals surface area contributed by atoms with Gasteiger partial charge in [-0.15, -0.1) is 0 Å². The van der Waals surface area contributed by atoms with E-state index in [4.69, 9.17) is 14.2 Å². The van der Waals surface area contributed by atoms with Gasteiger partial charge >= 0.3 is 6.09 Å². The van der Waals surface area contributed by atoms with Gasteiger partial charge in [0.1, 0.15) is 36.6 Å². The molecule has 0 unspecified atom stereocenters. The topological polar surface area (TPSA) is 166 Å². The Labute approximate surface area is 401 Å². The first kappa shape index (κ1) is 47.0. The molecule has 5 aliphatic heterocycles. The average molecular weight is 934 g/mol. The van der Waals surface area contributed by atoms with Crippen LogP contribution in [0.15, 0.2) is 103 Å². The van der Waals surface area contributed by atoms with Crippen LogP contribution in [0.4, 0.5) is 10.5 Å². The zero-order chi connectivity index (χ0) is 48.2. The van der Waals surface area contributed by atoms with Crippen LogP contribution >= 0.6 is 0 Å². The number of pyridine rings is 2. The lowest BCUT2D eigenvalue weighted by Gasteiger charge is -2.56. The van der Waals surface area contributed by atoms with E-state index < -0.39 is 11.7 Å². The van der Waals surface area contributed by atoms with Crippen LogP contribution in [0.1, 0.15) is 87.6 Å². The second kappa shape index (κ2) is 20.2. The van der Waals surface area contributed by atoms with Gasteiger partial charge in [-0.1, -0.05) is 12.1 Å². The molecule has 4 bridgehead atoms. The van der Waals surface area contributed by atoms with Crippen molar-refractivity contribution in [2.75, 3.05) is 40.0 Å². The molecule has 0 radical (unpaired) electrons. The molecular weight excluding hydrogens is 875 g/mol. The first-order valence-electron chi connectivity index (χ1n) is 23.3. The summed E-state index contributed by atoms with van der Waals surface area (Å²) in [7, 11) is 0. The SMILES string of the molecule is C1N2CN3CN1CN(C2)C3.CC(C)n1nccc1-c1ncccc1COc1ccc2c(c1C=O)CC=N2.CC(C)n1nccc1-c1ncccc1COc1ccc2ncn(C(=O)OC(C)(C)C)c2c1. The molecule has 0 saturated carbocycles. The number of fused-ring (bicyclic) bond motifs is 2. The first-order valence-corrected chi connectivity index (χ1v) is 23.3. The second-order valence-corrected chi connectivity index (χ2v) is 19.0. The summed E-state index contributed by atoms with van der Waals surface area (Å²) >= 11 is 0. The molecule has 0 spiro atoms. The number of benzene rings is 2. The third-order valence-corrected chi connectivity index (χ3v) is 11.8. The van der Waals surface area contributed by atoms with Gasteiger partial charge in [-0.25, -0.2) is 14.3 Å². The Hall–Kier alpha value is -7.12. The minimum absolute atomic E-state index is 0.214. The predicted molar refractivity (Wildman–Crippen MR) is 262 cm³/mol. The largest absolute Gasteiger partial charge is 0.489 e. The lowest BCUT2D eigenvalue weighted by atomic mass is 10.0. The van der Waals surface area contributed by atoms with Gasteiger partial charge in [0.2, 0.25) is 0 Å². The van der Waals surface area contributed by atoms with Gasteiger partial charge in [-0.05, 0) is 103 Å². The highest BCUT2D eigenvalue weighted by atomic mass is 16.6. The van der Waals surface area contributed by atoms with Crippen LogP contribution in [0.5, 0.6) is 11.5 Å². The molecule has 358 valence electrons. The molecule has 0 aliphatic carbocycles. The van der Waals surface area contributed by atoms with Crippen molar-refractivity contribution in [2.24, 2.45) is 4.99 Å². The summed E-state index contributed by atoms with van der Waals surface area (Å²) in [6.45, 7) is 21.6. The normalized spacial score (nSPS) is 18.7. The van der Waals surface area contributed by atoms with Crippen LogP contribution in [0.25, 0.3) is 33.8 Å². The number of aliphatic imine (C=N–C) groups is 1. The second-order valence-electron chi connectivity index (χ2n) is 19.0. The molecular formula is C51H59N13O5. The van der Waals surface area contributed by atoms with Crippen LogP contribution in [-0.4, -0.2) is 123 Å². The first-order chi connectivity index (χ1) is 33.3. The van der Waals surface area contributed by atoms with Crippen molar-refractivity contribution in [2.45, 2.75) is 85.8 Å². The zero-order valence-electron chi connectivity index (χ0n) is 40.3. The number of rotatable bonds is 11. The van der Waals surface area contributed by atoms with E-state index in [2.05, 4.69) is 77.4 Å². The van der Waals surface area contributed by atoms with Gasteiger partial charge < -0.3 is 14.2 Å². The summed E-state index contributed by atoms with van der Waals surface area (Å²) in [5.41, 5.74) is 8.48. The Kier molecular flexibility index (Phi) is 13.8. The van der Waals surface area contributed by atoms with Crippen LogP contribution in [0, 0.1) is 0 Å².